The third kappa shape index (κ3) is 8.77. The summed E-state index contributed by atoms with van der Waals surface area (Å²) in [5, 5.41) is 44.0. The summed E-state index contributed by atoms with van der Waals surface area (Å²) in [7, 11) is -4.95. The van der Waals surface area contributed by atoms with Gasteiger partial charge in [-0.1, -0.05) is 11.6 Å². The van der Waals surface area contributed by atoms with E-state index < -0.39 is 26.7 Å². The molecule has 4 rings (SSSR count). The fourth-order valence-corrected chi connectivity index (χ4v) is 4.06. The van der Waals surface area contributed by atoms with Crippen molar-refractivity contribution in [3.63, 3.8) is 0 Å². The predicted octanol–water partition coefficient (Wildman–Crippen LogP) is -0.459. The topological polar surface area (TPSA) is 211 Å². The molecule has 0 spiro atoms. The van der Waals surface area contributed by atoms with Gasteiger partial charge in [-0.2, -0.15) is 15.3 Å². The van der Waals surface area contributed by atoms with E-state index in [0.29, 0.717) is 0 Å². The summed E-state index contributed by atoms with van der Waals surface area (Å²) in [4.78, 5) is 21.1. The van der Waals surface area contributed by atoms with Gasteiger partial charge in [-0.05, 0) is 42.5 Å². The molecule has 4 aromatic rings. The zero-order valence-corrected chi connectivity index (χ0v) is 26.8. The van der Waals surface area contributed by atoms with Crippen LogP contribution in [0.25, 0.3) is 11.1 Å². The average molecular weight is 606 g/mol. The molecule has 42 heavy (non-hydrogen) atoms. The molecule has 0 radical (unpaired) electrons. The van der Waals surface area contributed by atoms with Crippen molar-refractivity contribution in [2.75, 3.05) is 0 Å². The van der Waals surface area contributed by atoms with Gasteiger partial charge in [0, 0.05) is 16.6 Å². The first kappa shape index (κ1) is 34.7. The normalized spacial score (nSPS) is 11.1. The van der Waals surface area contributed by atoms with Crippen molar-refractivity contribution in [2.45, 2.75) is 4.90 Å². The standard InChI is InChI=1S/C26H17N4O9S.2Na/c31-14-39-24-12-18(7-10-23(24)33)29-30-19-5-8-20(25(13-19)40(36,37)38)15-1-3-16(4-2-15)27-28-17-6-9-22(32)21(11-17)26(34)35;;/h1,3-14,32-33H,(H,34,35)(H,36,37,38);;/q-1;2*+1/p-1. The first-order chi connectivity index (χ1) is 19.0. The van der Waals surface area contributed by atoms with Gasteiger partial charge in [0.2, 0.25) is 0 Å². The summed E-state index contributed by atoms with van der Waals surface area (Å²) < 4.78 is 40.7. The van der Waals surface area contributed by atoms with Gasteiger partial charge in [-0.25, -0.2) is 18.3 Å². The second-order valence-electron chi connectivity index (χ2n) is 7.87. The largest absolute Gasteiger partial charge is 1.00 e. The SMILES string of the molecule is O=COc1cc(N=Nc2ccc(-c3[c-]cc(N=Nc4ccc(O)c(C(=O)O)c4)cc3)c(S(=O)(=O)[O-])c2)ccc1O.[Na+].[Na+]. The smallest absolute Gasteiger partial charge is 0.745 e. The van der Waals surface area contributed by atoms with E-state index in [4.69, 9.17) is 5.11 Å². The van der Waals surface area contributed by atoms with Crippen LogP contribution in [0.15, 0.2) is 98.1 Å². The number of carboxylic acid groups (broad SMARTS) is 1. The molecule has 0 bridgehead atoms. The van der Waals surface area contributed by atoms with Crippen molar-refractivity contribution in [2.24, 2.45) is 20.5 Å². The molecule has 16 heteroatoms. The van der Waals surface area contributed by atoms with Crippen LogP contribution in [0.5, 0.6) is 17.2 Å². The molecule has 0 atom stereocenters. The maximum Gasteiger partial charge on any atom is 1.00 e. The van der Waals surface area contributed by atoms with Gasteiger partial charge in [-0.15, -0.1) is 29.8 Å². The zero-order valence-electron chi connectivity index (χ0n) is 22.0. The molecule has 3 N–H and O–H groups in total. The number of rotatable bonds is 9. The molecule has 4 aromatic carbocycles. The molecule has 13 nitrogen and oxygen atoms in total. The average Bonchev–Trinajstić information content (AvgIpc) is 2.92. The number of aromatic carboxylic acids is 1. The number of benzene rings is 4. The third-order valence-corrected chi connectivity index (χ3v) is 6.09. The van der Waals surface area contributed by atoms with Gasteiger partial charge < -0.3 is 24.6 Å². The second kappa shape index (κ2) is 15.1. The monoisotopic (exact) mass is 606 g/mol. The van der Waals surface area contributed by atoms with E-state index in [1.165, 1.54) is 60.7 Å². The van der Waals surface area contributed by atoms with Crippen LogP contribution in [0.1, 0.15) is 10.4 Å². The van der Waals surface area contributed by atoms with E-state index in [1.807, 2.05) is 0 Å². The summed E-state index contributed by atoms with van der Waals surface area (Å²) in [6.45, 7) is 0.124. The number of carboxylic acids is 1. The summed E-state index contributed by atoms with van der Waals surface area (Å²) in [5.41, 5.74) is 0.629. The minimum atomic E-state index is -4.95. The molecule has 0 unspecified atom stereocenters. The van der Waals surface area contributed by atoms with Gasteiger partial charge in [-0.3, -0.25) is 4.79 Å². The Bertz CT molecular complexity index is 1780. The Morgan fingerprint density at radius 1 is 0.810 bits per heavy atom. The van der Waals surface area contributed by atoms with E-state index in [1.54, 1.807) is 0 Å². The summed E-state index contributed by atoms with van der Waals surface area (Å²) in [5.74, 6) is -2.20. The van der Waals surface area contributed by atoms with E-state index in [0.717, 1.165) is 12.1 Å². The Morgan fingerprint density at radius 3 is 1.93 bits per heavy atom. The number of carbonyl (C=O) groups is 2. The molecule has 0 amide bonds. The maximum absolute atomic E-state index is 12.0. The van der Waals surface area contributed by atoms with Crippen LogP contribution in [0.3, 0.4) is 0 Å². The first-order valence-corrected chi connectivity index (χ1v) is 12.4. The van der Waals surface area contributed by atoms with Crippen molar-refractivity contribution in [3.8, 4) is 28.4 Å². The maximum atomic E-state index is 12.0. The van der Waals surface area contributed by atoms with Crippen LogP contribution >= 0.6 is 0 Å². The number of carbonyl (C=O) groups excluding carboxylic acids is 1. The van der Waals surface area contributed by atoms with Crippen molar-refractivity contribution in [1.29, 1.82) is 0 Å². The molecular formula is C26H16N4Na2O9S. The molecule has 202 valence electrons. The van der Waals surface area contributed by atoms with Crippen LogP contribution in [-0.4, -0.2) is 40.7 Å². The van der Waals surface area contributed by atoms with Crippen LogP contribution in [0, 0.1) is 6.07 Å². The number of ether oxygens (including phenoxy) is 1. The number of phenols is 2. The van der Waals surface area contributed by atoms with Crippen molar-refractivity contribution in [1.82, 2.24) is 0 Å². The number of hydrogen-bond acceptors (Lipinski definition) is 12. The first-order valence-electron chi connectivity index (χ1n) is 11.0. The molecule has 0 aliphatic carbocycles. The Kier molecular flexibility index (Phi) is 12.5. The Hall–Kier alpha value is -3.47. The Morgan fingerprint density at radius 2 is 1.36 bits per heavy atom. The zero-order chi connectivity index (χ0) is 28.9. The fourth-order valence-electron chi connectivity index (χ4n) is 3.35. The number of aromatic hydroxyl groups is 2. The molecule has 0 saturated heterocycles. The Balaban J connectivity index is 0.00000308. The molecule has 0 heterocycles. The van der Waals surface area contributed by atoms with Gasteiger partial charge in [0.05, 0.1) is 17.1 Å². The van der Waals surface area contributed by atoms with E-state index in [9.17, 15) is 32.8 Å². The summed E-state index contributed by atoms with van der Waals surface area (Å²) in [6.07, 6.45) is 0. The molecule has 0 aliphatic rings. The predicted molar refractivity (Wildman–Crippen MR) is 137 cm³/mol. The van der Waals surface area contributed by atoms with Crippen molar-refractivity contribution >= 4 is 45.3 Å². The summed E-state index contributed by atoms with van der Waals surface area (Å²) in [6, 6.07) is 18.5. The molecule has 0 saturated carbocycles. The number of nitrogens with zero attached hydrogens (tertiary/aromatic N) is 4. The molecule has 0 aromatic heterocycles. The molecular weight excluding hydrogens is 590 g/mol. The van der Waals surface area contributed by atoms with Gasteiger partial charge in [0.15, 0.2) is 11.5 Å². The quantitative estimate of drug-likeness (QED) is 0.0739. The number of hydrogen-bond donors (Lipinski definition) is 3. The molecule has 0 fully saturated rings. The van der Waals surface area contributed by atoms with Crippen molar-refractivity contribution < 1.29 is 102 Å². The van der Waals surface area contributed by atoms with Crippen LogP contribution in [0.2, 0.25) is 0 Å². The van der Waals surface area contributed by atoms with E-state index >= 15 is 0 Å². The number of azo groups is 2. The summed E-state index contributed by atoms with van der Waals surface area (Å²) >= 11 is 0. The number of phenolic OH excluding ortho intramolecular Hbond substituents is 1. The van der Waals surface area contributed by atoms with Crippen LogP contribution in [-0.2, 0) is 14.9 Å². The van der Waals surface area contributed by atoms with Gasteiger partial charge in [0.25, 0.3) is 6.47 Å². The van der Waals surface area contributed by atoms with Crippen LogP contribution < -0.4 is 63.9 Å². The van der Waals surface area contributed by atoms with E-state index in [2.05, 4.69) is 31.3 Å². The van der Waals surface area contributed by atoms with Gasteiger partial charge >= 0.3 is 65.1 Å². The Labute approximate surface area is 283 Å². The second-order valence-corrected chi connectivity index (χ2v) is 9.22. The van der Waals surface area contributed by atoms with E-state index in [-0.39, 0.29) is 117 Å². The molecule has 0 aliphatic heterocycles. The third-order valence-electron chi connectivity index (χ3n) is 5.21. The fraction of sp³-hybridized carbons (Fsp3) is 0. The van der Waals surface area contributed by atoms with Crippen molar-refractivity contribution in [3.05, 3.63) is 84.4 Å². The minimum Gasteiger partial charge on any atom is -0.745 e. The minimum absolute atomic E-state index is 0. The van der Waals surface area contributed by atoms with Gasteiger partial charge in [0.1, 0.15) is 21.4 Å². The van der Waals surface area contributed by atoms with Crippen LogP contribution in [0.4, 0.5) is 22.7 Å².